The first-order valence-electron chi connectivity index (χ1n) is 5.76. The van der Waals surface area contributed by atoms with Crippen LogP contribution in [0.5, 0.6) is 0 Å². The molecule has 0 saturated heterocycles. The molecule has 1 atom stereocenters. The van der Waals surface area contributed by atoms with E-state index in [2.05, 4.69) is 33.4 Å². The maximum atomic E-state index is 13.8. The van der Waals surface area contributed by atoms with E-state index in [-0.39, 0.29) is 11.9 Å². The van der Waals surface area contributed by atoms with Gasteiger partial charge in [-0.3, -0.25) is 0 Å². The zero-order chi connectivity index (χ0) is 12.3. The van der Waals surface area contributed by atoms with Gasteiger partial charge in [-0.25, -0.2) is 4.39 Å². The van der Waals surface area contributed by atoms with Crippen molar-refractivity contribution in [2.24, 2.45) is 5.73 Å². The van der Waals surface area contributed by atoms with Crippen molar-refractivity contribution in [1.29, 1.82) is 0 Å². The average Bonchev–Trinajstić information content (AvgIpc) is 2.79. The van der Waals surface area contributed by atoms with Gasteiger partial charge in [-0.1, -0.05) is 34.1 Å². The van der Waals surface area contributed by atoms with Gasteiger partial charge >= 0.3 is 0 Å². The molecule has 1 aliphatic carbocycles. The minimum absolute atomic E-state index is 0.118. The molecule has 4 heteroatoms. The highest BCUT2D eigenvalue weighted by atomic mass is 79.9. The van der Waals surface area contributed by atoms with Gasteiger partial charge in [-0.2, -0.15) is 0 Å². The molecule has 1 unspecified atom stereocenters. The number of benzene rings is 1. The van der Waals surface area contributed by atoms with Gasteiger partial charge in [0.15, 0.2) is 0 Å². The van der Waals surface area contributed by atoms with E-state index in [1.54, 1.807) is 6.07 Å². The van der Waals surface area contributed by atoms with Crippen LogP contribution < -0.4 is 11.1 Å². The van der Waals surface area contributed by atoms with Crippen molar-refractivity contribution in [2.45, 2.75) is 24.9 Å². The van der Waals surface area contributed by atoms with Crippen LogP contribution in [0.1, 0.15) is 24.4 Å². The summed E-state index contributed by atoms with van der Waals surface area (Å²) in [6, 6.07) is 5.37. The van der Waals surface area contributed by atoms with E-state index in [9.17, 15) is 4.39 Å². The number of nitrogens with one attached hydrogen (secondary N) is 1. The maximum absolute atomic E-state index is 13.8. The lowest BCUT2D eigenvalue weighted by Crippen LogP contribution is -2.35. The van der Waals surface area contributed by atoms with E-state index in [0.29, 0.717) is 18.2 Å². The minimum Gasteiger partial charge on any atom is -0.329 e. The molecule has 0 aromatic heterocycles. The van der Waals surface area contributed by atoms with Crippen LogP contribution in [0.15, 0.2) is 34.8 Å². The number of hydrogen-bond donors (Lipinski definition) is 2. The molecule has 1 aromatic carbocycles. The highest BCUT2D eigenvalue weighted by Crippen LogP contribution is 2.22. The second-order valence-corrected chi connectivity index (χ2v) is 5.18. The Bertz CT molecular complexity index is 412. The quantitative estimate of drug-likeness (QED) is 0.839. The summed E-state index contributed by atoms with van der Waals surface area (Å²) in [7, 11) is 0. The Labute approximate surface area is 109 Å². The predicted molar refractivity (Wildman–Crippen MR) is 71.2 cm³/mol. The van der Waals surface area contributed by atoms with E-state index in [1.165, 1.54) is 6.07 Å². The molecule has 2 nitrogen and oxygen atoms in total. The number of hydrogen-bond acceptors (Lipinski definition) is 2. The van der Waals surface area contributed by atoms with Crippen LogP contribution in [-0.2, 0) is 0 Å². The summed E-state index contributed by atoms with van der Waals surface area (Å²) < 4.78 is 14.6. The third-order valence-corrected chi connectivity index (χ3v) is 3.51. The van der Waals surface area contributed by atoms with Gasteiger partial charge < -0.3 is 11.1 Å². The SMILES string of the molecule is NCC(NC1CC=CC1)c1ccc(Br)cc1F. The Hall–Kier alpha value is -0.710. The molecule has 1 aliphatic rings. The van der Waals surface area contributed by atoms with Crippen molar-refractivity contribution >= 4 is 15.9 Å². The van der Waals surface area contributed by atoms with Crippen LogP contribution in [0.4, 0.5) is 4.39 Å². The smallest absolute Gasteiger partial charge is 0.129 e. The number of rotatable bonds is 4. The summed E-state index contributed by atoms with van der Waals surface area (Å²) in [5.74, 6) is -0.215. The Morgan fingerprint density at radius 1 is 1.41 bits per heavy atom. The summed E-state index contributed by atoms with van der Waals surface area (Å²) in [5, 5.41) is 3.40. The van der Waals surface area contributed by atoms with Gasteiger partial charge in [-0.15, -0.1) is 0 Å². The molecule has 0 amide bonds. The van der Waals surface area contributed by atoms with Crippen molar-refractivity contribution in [1.82, 2.24) is 5.32 Å². The predicted octanol–water partition coefficient (Wildman–Crippen LogP) is 2.90. The van der Waals surface area contributed by atoms with Gasteiger partial charge in [0.1, 0.15) is 5.82 Å². The highest BCUT2D eigenvalue weighted by Gasteiger charge is 2.19. The maximum Gasteiger partial charge on any atom is 0.129 e. The fourth-order valence-electron chi connectivity index (χ4n) is 2.11. The zero-order valence-corrected chi connectivity index (χ0v) is 11.1. The molecule has 1 aromatic rings. The van der Waals surface area contributed by atoms with E-state index in [4.69, 9.17) is 5.73 Å². The van der Waals surface area contributed by atoms with Gasteiger partial charge in [0.05, 0.1) is 0 Å². The first-order valence-corrected chi connectivity index (χ1v) is 6.56. The normalized spacial score (nSPS) is 17.6. The van der Waals surface area contributed by atoms with Crippen LogP contribution in [0.25, 0.3) is 0 Å². The third-order valence-electron chi connectivity index (χ3n) is 3.02. The molecule has 0 heterocycles. The lowest BCUT2D eigenvalue weighted by molar-refractivity contribution is 0.438. The van der Waals surface area contributed by atoms with E-state index in [0.717, 1.165) is 17.3 Å². The van der Waals surface area contributed by atoms with Crippen molar-refractivity contribution in [2.75, 3.05) is 6.54 Å². The van der Waals surface area contributed by atoms with Crippen molar-refractivity contribution in [3.8, 4) is 0 Å². The summed E-state index contributed by atoms with van der Waals surface area (Å²) in [6.07, 6.45) is 6.27. The molecule has 17 heavy (non-hydrogen) atoms. The number of halogens is 2. The fourth-order valence-corrected chi connectivity index (χ4v) is 2.44. The molecule has 0 aliphatic heterocycles. The summed E-state index contributed by atoms with van der Waals surface area (Å²) in [5.41, 5.74) is 6.37. The van der Waals surface area contributed by atoms with Gasteiger partial charge in [0, 0.05) is 28.7 Å². The molecular weight excluding hydrogens is 283 g/mol. The summed E-state index contributed by atoms with van der Waals surface area (Å²) >= 11 is 3.25. The van der Waals surface area contributed by atoms with E-state index >= 15 is 0 Å². The Morgan fingerprint density at radius 2 is 2.12 bits per heavy atom. The second kappa shape index (κ2) is 5.76. The highest BCUT2D eigenvalue weighted by molar-refractivity contribution is 9.10. The molecule has 92 valence electrons. The Morgan fingerprint density at radius 3 is 2.71 bits per heavy atom. The van der Waals surface area contributed by atoms with Crippen molar-refractivity contribution < 1.29 is 4.39 Å². The van der Waals surface area contributed by atoms with Crippen LogP contribution in [0.2, 0.25) is 0 Å². The molecule has 0 radical (unpaired) electrons. The lowest BCUT2D eigenvalue weighted by Gasteiger charge is -2.22. The molecule has 3 N–H and O–H groups in total. The molecule has 0 spiro atoms. The topological polar surface area (TPSA) is 38.0 Å². The Balaban J connectivity index is 2.11. The molecular formula is C13H16BrFN2. The summed E-state index contributed by atoms with van der Waals surface area (Å²) in [4.78, 5) is 0. The van der Waals surface area contributed by atoms with E-state index < -0.39 is 0 Å². The fraction of sp³-hybridized carbons (Fsp3) is 0.385. The van der Waals surface area contributed by atoms with Crippen molar-refractivity contribution in [3.63, 3.8) is 0 Å². The first-order chi connectivity index (χ1) is 8.20. The first kappa shape index (κ1) is 12.7. The second-order valence-electron chi connectivity index (χ2n) is 4.26. The standard InChI is InChI=1S/C13H16BrFN2/c14-9-5-6-11(12(15)7-9)13(8-16)17-10-3-1-2-4-10/h1-2,5-7,10,13,17H,3-4,8,16H2. The average molecular weight is 299 g/mol. The van der Waals surface area contributed by atoms with Crippen LogP contribution in [-0.4, -0.2) is 12.6 Å². The van der Waals surface area contributed by atoms with Gasteiger partial charge in [0.2, 0.25) is 0 Å². The zero-order valence-electron chi connectivity index (χ0n) is 9.50. The molecule has 0 fully saturated rings. The molecule has 2 rings (SSSR count). The third kappa shape index (κ3) is 3.15. The van der Waals surface area contributed by atoms with Gasteiger partial charge in [-0.05, 0) is 25.0 Å². The molecule has 0 bridgehead atoms. The minimum atomic E-state index is -0.215. The largest absolute Gasteiger partial charge is 0.329 e. The molecule has 0 saturated carbocycles. The van der Waals surface area contributed by atoms with Crippen LogP contribution in [0, 0.1) is 5.82 Å². The van der Waals surface area contributed by atoms with Gasteiger partial charge in [0.25, 0.3) is 0 Å². The van der Waals surface area contributed by atoms with Crippen molar-refractivity contribution in [3.05, 3.63) is 46.2 Å². The number of nitrogens with two attached hydrogens (primary N) is 1. The lowest BCUT2D eigenvalue weighted by atomic mass is 10.0. The monoisotopic (exact) mass is 298 g/mol. The van der Waals surface area contributed by atoms with Crippen LogP contribution >= 0.6 is 15.9 Å². The van der Waals surface area contributed by atoms with E-state index in [1.807, 2.05) is 6.07 Å². The Kier molecular flexibility index (Phi) is 4.31. The summed E-state index contributed by atoms with van der Waals surface area (Å²) in [6.45, 7) is 0.398. The van der Waals surface area contributed by atoms with Crippen LogP contribution in [0.3, 0.4) is 0 Å².